The molecule has 0 radical (unpaired) electrons. The molecule has 0 aliphatic heterocycles. The lowest BCUT2D eigenvalue weighted by Gasteiger charge is -2.31. The topological polar surface area (TPSA) is 41.1 Å². The molecule has 170 valence electrons. The molecule has 0 aliphatic rings. The highest BCUT2D eigenvalue weighted by atomic mass is 19.4. The Morgan fingerprint density at radius 2 is 1.39 bits per heavy atom. The zero-order valence-corrected chi connectivity index (χ0v) is 17.1. The van der Waals surface area contributed by atoms with Crippen LogP contribution in [0.5, 0.6) is 0 Å². The second-order valence-electron chi connectivity index (χ2n) is 7.47. The van der Waals surface area contributed by atoms with E-state index in [0.29, 0.717) is 17.8 Å². The van der Waals surface area contributed by atoms with Crippen LogP contribution in [-0.4, -0.2) is 24.3 Å². The van der Waals surface area contributed by atoms with Gasteiger partial charge in [0.25, 0.3) is 5.91 Å². The average molecular weight is 450 g/mol. The fourth-order valence-corrected chi connectivity index (χ4v) is 3.12. The van der Waals surface area contributed by atoms with Crippen molar-refractivity contribution in [3.8, 4) is 0 Å². The Hall–Kier alpha value is -2.78. The molecule has 0 saturated heterocycles. The third-order valence-electron chi connectivity index (χ3n) is 4.53. The normalized spacial score (nSPS) is 12.8. The molecule has 31 heavy (non-hydrogen) atoms. The van der Waals surface area contributed by atoms with E-state index in [1.54, 1.807) is 18.2 Å². The monoisotopic (exact) mass is 450 g/mol. The van der Waals surface area contributed by atoms with Crippen molar-refractivity contribution in [2.24, 2.45) is 0 Å². The minimum atomic E-state index is -6.21. The predicted molar refractivity (Wildman–Crippen MR) is 104 cm³/mol. The predicted octanol–water partition coefficient (Wildman–Crippen LogP) is 6.67. The molecule has 0 heterocycles. The summed E-state index contributed by atoms with van der Waals surface area (Å²) in [5, 5.41) is 5.58. The lowest BCUT2D eigenvalue weighted by atomic mass is 9.90. The van der Waals surface area contributed by atoms with Crippen molar-refractivity contribution < 1.29 is 35.5 Å². The van der Waals surface area contributed by atoms with Gasteiger partial charge in [-0.15, -0.1) is 0 Å². The zero-order valence-electron chi connectivity index (χ0n) is 17.1. The molecule has 2 rings (SSSR count). The standard InChI is InChI=1S/C21H21F7N2O/c1-11(2)29-16-7-5-6-14(10-16)18(31)30-17-12(3)8-15(9-13(17)4)19(22,20(23,24)25)21(26,27)28/h5-11,29H,1-4H3,(H,30,31). The summed E-state index contributed by atoms with van der Waals surface area (Å²) in [5.41, 5.74) is -6.53. The Balaban J connectivity index is 2.42. The van der Waals surface area contributed by atoms with E-state index in [2.05, 4.69) is 10.6 Å². The summed E-state index contributed by atoms with van der Waals surface area (Å²) in [6.07, 6.45) is -12.4. The van der Waals surface area contributed by atoms with Gasteiger partial charge in [-0.3, -0.25) is 4.79 Å². The Labute approximate surface area is 174 Å². The van der Waals surface area contributed by atoms with Crippen molar-refractivity contribution in [1.29, 1.82) is 0 Å². The van der Waals surface area contributed by atoms with Gasteiger partial charge in [-0.1, -0.05) is 18.2 Å². The molecule has 0 atom stereocenters. The van der Waals surface area contributed by atoms with Crippen LogP contribution in [0.2, 0.25) is 0 Å². The second kappa shape index (κ2) is 8.39. The number of amides is 1. The Morgan fingerprint density at radius 1 is 0.871 bits per heavy atom. The summed E-state index contributed by atoms with van der Waals surface area (Å²) >= 11 is 0. The summed E-state index contributed by atoms with van der Waals surface area (Å²) in [6.45, 7) is 6.17. The van der Waals surface area contributed by atoms with Crippen LogP contribution in [0.3, 0.4) is 0 Å². The van der Waals surface area contributed by atoms with Gasteiger partial charge in [-0.2, -0.15) is 26.3 Å². The fourth-order valence-electron chi connectivity index (χ4n) is 3.12. The van der Waals surface area contributed by atoms with E-state index < -0.39 is 29.5 Å². The number of alkyl halides is 7. The van der Waals surface area contributed by atoms with Crippen LogP contribution in [0.4, 0.5) is 42.1 Å². The van der Waals surface area contributed by atoms with E-state index in [9.17, 15) is 35.5 Å². The van der Waals surface area contributed by atoms with E-state index in [0.717, 1.165) is 0 Å². The van der Waals surface area contributed by atoms with Crippen molar-refractivity contribution in [3.63, 3.8) is 0 Å². The number of halogens is 7. The number of hydrogen-bond acceptors (Lipinski definition) is 2. The van der Waals surface area contributed by atoms with Crippen LogP contribution in [0, 0.1) is 13.8 Å². The van der Waals surface area contributed by atoms with Gasteiger partial charge in [0.1, 0.15) is 0 Å². The molecular weight excluding hydrogens is 429 g/mol. The van der Waals surface area contributed by atoms with Crippen molar-refractivity contribution >= 4 is 17.3 Å². The van der Waals surface area contributed by atoms with Gasteiger partial charge < -0.3 is 10.6 Å². The van der Waals surface area contributed by atoms with Crippen LogP contribution >= 0.6 is 0 Å². The van der Waals surface area contributed by atoms with Crippen LogP contribution in [0.15, 0.2) is 36.4 Å². The highest BCUT2D eigenvalue weighted by Crippen LogP contribution is 2.53. The maximum atomic E-state index is 14.4. The summed E-state index contributed by atoms with van der Waals surface area (Å²) < 4.78 is 92.6. The maximum Gasteiger partial charge on any atom is 0.435 e. The van der Waals surface area contributed by atoms with Crippen LogP contribution in [0.1, 0.15) is 40.9 Å². The number of aryl methyl sites for hydroxylation is 2. The van der Waals surface area contributed by atoms with Gasteiger partial charge in [0.05, 0.1) is 0 Å². The van der Waals surface area contributed by atoms with E-state index in [1.165, 1.54) is 19.9 Å². The molecule has 10 heteroatoms. The number of rotatable bonds is 5. The molecule has 2 N–H and O–H groups in total. The van der Waals surface area contributed by atoms with Gasteiger partial charge in [0.15, 0.2) is 0 Å². The molecular formula is C21H21F7N2O. The van der Waals surface area contributed by atoms with Gasteiger partial charge in [-0.25, -0.2) is 4.39 Å². The van der Waals surface area contributed by atoms with E-state index in [-0.39, 0.29) is 28.4 Å². The molecule has 0 fully saturated rings. The Kier molecular flexibility index (Phi) is 6.63. The van der Waals surface area contributed by atoms with Crippen LogP contribution in [0.25, 0.3) is 0 Å². The maximum absolute atomic E-state index is 14.4. The highest BCUT2D eigenvalue weighted by molar-refractivity contribution is 6.05. The lowest BCUT2D eigenvalue weighted by molar-refractivity contribution is -0.348. The molecule has 0 saturated carbocycles. The quantitative estimate of drug-likeness (QED) is 0.500. The SMILES string of the molecule is Cc1cc(C(F)(C(F)(F)F)C(F)(F)F)cc(C)c1NC(=O)c1cccc(NC(C)C)c1. The number of carbonyl (C=O) groups is 1. The van der Waals surface area contributed by atoms with Gasteiger partial charge in [0, 0.05) is 28.5 Å². The van der Waals surface area contributed by atoms with Crippen LogP contribution in [-0.2, 0) is 5.67 Å². The first kappa shape index (κ1) is 24.5. The minimum absolute atomic E-state index is 0.00247. The lowest BCUT2D eigenvalue weighted by Crippen LogP contribution is -2.50. The fraction of sp³-hybridized carbons (Fsp3) is 0.381. The largest absolute Gasteiger partial charge is 0.435 e. The van der Waals surface area contributed by atoms with Crippen molar-refractivity contribution in [2.45, 2.75) is 51.8 Å². The first-order valence-electron chi connectivity index (χ1n) is 9.20. The number of nitrogens with one attached hydrogen (secondary N) is 2. The third-order valence-corrected chi connectivity index (χ3v) is 4.53. The molecule has 0 bridgehead atoms. The molecule has 0 aromatic heterocycles. The summed E-state index contributed by atoms with van der Waals surface area (Å²) in [5.74, 6) is -0.621. The molecule has 1 amide bonds. The third kappa shape index (κ3) is 4.94. The first-order valence-corrected chi connectivity index (χ1v) is 9.20. The molecule has 0 unspecified atom stereocenters. The zero-order chi connectivity index (χ0) is 23.8. The highest BCUT2D eigenvalue weighted by Gasteiger charge is 2.73. The first-order chi connectivity index (χ1) is 14.1. The van der Waals surface area contributed by atoms with Crippen molar-refractivity contribution in [1.82, 2.24) is 0 Å². The van der Waals surface area contributed by atoms with E-state index in [1.807, 2.05) is 13.8 Å². The molecule has 0 spiro atoms. The van der Waals surface area contributed by atoms with Crippen LogP contribution < -0.4 is 10.6 Å². The molecule has 3 nitrogen and oxygen atoms in total. The summed E-state index contributed by atoms with van der Waals surface area (Å²) in [7, 11) is 0. The van der Waals surface area contributed by atoms with Gasteiger partial charge in [0.2, 0.25) is 0 Å². The summed E-state index contributed by atoms with van der Waals surface area (Å²) in [4.78, 5) is 12.6. The second-order valence-corrected chi connectivity index (χ2v) is 7.47. The number of anilines is 2. The Morgan fingerprint density at radius 3 is 1.84 bits per heavy atom. The van der Waals surface area contributed by atoms with E-state index in [4.69, 9.17) is 0 Å². The average Bonchev–Trinajstić information content (AvgIpc) is 2.61. The number of hydrogen-bond donors (Lipinski definition) is 2. The van der Waals surface area contributed by atoms with Gasteiger partial charge >= 0.3 is 18.0 Å². The molecule has 0 aliphatic carbocycles. The van der Waals surface area contributed by atoms with E-state index >= 15 is 0 Å². The summed E-state index contributed by atoms with van der Waals surface area (Å²) in [6, 6.07) is 7.39. The number of carbonyl (C=O) groups excluding carboxylic acids is 1. The van der Waals surface area contributed by atoms with Gasteiger partial charge in [-0.05, 0) is 57.0 Å². The minimum Gasteiger partial charge on any atom is -0.383 e. The van der Waals surface area contributed by atoms with Crippen molar-refractivity contribution in [3.05, 3.63) is 58.7 Å². The molecule has 2 aromatic carbocycles. The van der Waals surface area contributed by atoms with Crippen molar-refractivity contribution in [2.75, 3.05) is 10.6 Å². The molecule has 2 aromatic rings. The number of benzene rings is 2. The smallest absolute Gasteiger partial charge is 0.383 e. The Bertz CT molecular complexity index is 928.